The first kappa shape index (κ1) is 23.2. The predicted octanol–water partition coefficient (Wildman–Crippen LogP) is 4.88. The maximum absolute atomic E-state index is 13.4. The highest BCUT2D eigenvalue weighted by Gasteiger charge is 2.17. The van der Waals surface area contributed by atoms with Crippen molar-refractivity contribution in [2.45, 2.75) is 52.1 Å². The van der Waals surface area contributed by atoms with E-state index >= 15 is 0 Å². The maximum atomic E-state index is 13.4. The minimum absolute atomic E-state index is 0.0901. The van der Waals surface area contributed by atoms with E-state index in [1.165, 1.54) is 47.0 Å². The van der Waals surface area contributed by atoms with Crippen LogP contribution < -0.4 is 5.56 Å². The van der Waals surface area contributed by atoms with Gasteiger partial charge in [-0.15, -0.1) is 0 Å². The number of aryl methyl sites for hydroxylation is 1. The molecule has 3 rings (SSSR count). The van der Waals surface area contributed by atoms with Crippen LogP contribution in [0.5, 0.6) is 0 Å². The second kappa shape index (κ2) is 9.34. The summed E-state index contributed by atoms with van der Waals surface area (Å²) < 4.78 is 20.3. The molecule has 1 heterocycles. The normalized spacial score (nSPS) is 11.5. The number of hydrogen-bond donors (Lipinski definition) is 1. The van der Waals surface area contributed by atoms with Crippen molar-refractivity contribution in [2.24, 2.45) is 0 Å². The van der Waals surface area contributed by atoms with E-state index in [2.05, 4.69) is 0 Å². The predicted molar refractivity (Wildman–Crippen MR) is 120 cm³/mol. The molecule has 2 aromatic carbocycles. The van der Waals surface area contributed by atoms with Crippen molar-refractivity contribution in [3.8, 4) is 5.69 Å². The summed E-state index contributed by atoms with van der Waals surface area (Å²) in [4.78, 5) is 36.6. The molecule has 6 nitrogen and oxygen atoms in total. The first-order chi connectivity index (χ1) is 15.0. The molecule has 0 fully saturated rings. The number of carbonyl (C=O) groups excluding carboxylic acids is 1. The Morgan fingerprint density at radius 3 is 2.34 bits per heavy atom. The molecule has 0 bridgehead atoms. The fourth-order valence-corrected chi connectivity index (χ4v) is 3.53. The Hall–Kier alpha value is -3.48. The Balaban J connectivity index is 1.93. The molecule has 1 N–H and O–H groups in total. The molecule has 0 aliphatic heterocycles. The van der Waals surface area contributed by atoms with E-state index in [9.17, 15) is 23.9 Å². The summed E-state index contributed by atoms with van der Waals surface area (Å²) in [5.41, 5.74) is 0.407. The van der Waals surface area contributed by atoms with Crippen LogP contribution >= 0.6 is 0 Å². The van der Waals surface area contributed by atoms with Gasteiger partial charge >= 0.3 is 11.9 Å². The quantitative estimate of drug-likeness (QED) is 0.419. The number of unbranched alkanes of at least 4 members (excludes halogenated alkanes) is 1. The number of pyridine rings is 1. The molecule has 0 aliphatic carbocycles. The SMILES string of the molecule is CC(C)(C)OC(=O)CCCCc1cc2cc(C(=O)O)ccc2c(=O)n1-c1ccc(F)cc1. The highest BCUT2D eigenvalue weighted by molar-refractivity contribution is 5.94. The zero-order chi connectivity index (χ0) is 23.5. The lowest BCUT2D eigenvalue weighted by Crippen LogP contribution is -2.24. The van der Waals surface area contributed by atoms with Crippen LogP contribution in [0.2, 0.25) is 0 Å². The van der Waals surface area contributed by atoms with Crippen molar-refractivity contribution in [1.29, 1.82) is 0 Å². The Morgan fingerprint density at radius 1 is 1.03 bits per heavy atom. The van der Waals surface area contributed by atoms with E-state index in [-0.39, 0.29) is 23.5 Å². The number of ether oxygens (including phenoxy) is 1. The summed E-state index contributed by atoms with van der Waals surface area (Å²) in [6, 6.07) is 11.8. The number of halogens is 1. The average Bonchev–Trinajstić information content (AvgIpc) is 2.70. The van der Waals surface area contributed by atoms with Crippen molar-refractivity contribution in [3.63, 3.8) is 0 Å². The largest absolute Gasteiger partial charge is 0.478 e. The van der Waals surface area contributed by atoms with Gasteiger partial charge in [0.2, 0.25) is 0 Å². The van der Waals surface area contributed by atoms with Crippen LogP contribution in [0.25, 0.3) is 16.5 Å². The van der Waals surface area contributed by atoms with Crippen LogP contribution in [-0.4, -0.2) is 27.2 Å². The molecular weight excluding hydrogens is 413 g/mol. The molecule has 3 aromatic rings. The molecule has 1 aromatic heterocycles. The fourth-order valence-electron chi connectivity index (χ4n) is 3.53. The number of aromatic carboxylic acids is 1. The van der Waals surface area contributed by atoms with Gasteiger partial charge in [-0.3, -0.25) is 14.2 Å². The Kier molecular flexibility index (Phi) is 6.77. The van der Waals surface area contributed by atoms with Crippen molar-refractivity contribution in [1.82, 2.24) is 4.57 Å². The second-order valence-corrected chi connectivity index (χ2v) is 8.65. The Morgan fingerprint density at radius 2 is 1.72 bits per heavy atom. The van der Waals surface area contributed by atoms with E-state index in [1.807, 2.05) is 20.8 Å². The van der Waals surface area contributed by atoms with Gasteiger partial charge < -0.3 is 9.84 Å². The van der Waals surface area contributed by atoms with E-state index in [0.29, 0.717) is 41.4 Å². The number of esters is 1. The van der Waals surface area contributed by atoms with E-state index in [4.69, 9.17) is 4.74 Å². The van der Waals surface area contributed by atoms with Crippen LogP contribution in [0, 0.1) is 5.82 Å². The third-order valence-electron chi connectivity index (χ3n) is 4.91. The standard InChI is InChI=1S/C25H26FNO5/c1-25(2,3)32-22(28)7-5-4-6-20-15-17-14-16(24(30)31)8-13-21(17)23(29)27(20)19-11-9-18(26)10-12-19/h8-15H,4-7H2,1-3H3,(H,30,31). The van der Waals surface area contributed by atoms with Crippen LogP contribution in [-0.2, 0) is 16.0 Å². The number of fused-ring (bicyclic) bond motifs is 1. The smallest absolute Gasteiger partial charge is 0.335 e. The van der Waals surface area contributed by atoms with Gasteiger partial charge in [0.05, 0.1) is 5.56 Å². The zero-order valence-corrected chi connectivity index (χ0v) is 18.4. The van der Waals surface area contributed by atoms with E-state index in [1.54, 1.807) is 6.07 Å². The highest BCUT2D eigenvalue weighted by Crippen LogP contribution is 2.20. The summed E-state index contributed by atoms with van der Waals surface area (Å²) in [7, 11) is 0. The molecule has 0 atom stereocenters. The van der Waals surface area contributed by atoms with Crippen molar-refractivity contribution < 1.29 is 23.8 Å². The van der Waals surface area contributed by atoms with Crippen molar-refractivity contribution in [2.75, 3.05) is 0 Å². The Bertz CT molecular complexity index is 1210. The number of nitrogens with zero attached hydrogens (tertiary/aromatic N) is 1. The van der Waals surface area contributed by atoms with Crippen LogP contribution in [0.1, 0.15) is 56.1 Å². The maximum Gasteiger partial charge on any atom is 0.335 e. The van der Waals surface area contributed by atoms with Gasteiger partial charge in [-0.1, -0.05) is 0 Å². The number of aromatic nitrogens is 1. The highest BCUT2D eigenvalue weighted by atomic mass is 19.1. The lowest BCUT2D eigenvalue weighted by Gasteiger charge is -2.19. The van der Waals surface area contributed by atoms with Crippen LogP contribution in [0.15, 0.2) is 53.3 Å². The van der Waals surface area contributed by atoms with Crippen molar-refractivity contribution in [3.05, 3.63) is 76.0 Å². The Labute approximate surface area is 185 Å². The monoisotopic (exact) mass is 439 g/mol. The zero-order valence-electron chi connectivity index (χ0n) is 18.4. The average molecular weight is 439 g/mol. The molecule has 0 aliphatic rings. The van der Waals surface area contributed by atoms with Gasteiger partial charge in [0.25, 0.3) is 5.56 Å². The summed E-state index contributed by atoms with van der Waals surface area (Å²) in [5.74, 6) is -1.76. The molecule has 0 spiro atoms. The van der Waals surface area contributed by atoms with Gasteiger partial charge in [0.1, 0.15) is 11.4 Å². The molecule has 7 heteroatoms. The molecule has 0 saturated carbocycles. The minimum atomic E-state index is -1.08. The number of carbonyl (C=O) groups is 2. The first-order valence-electron chi connectivity index (χ1n) is 10.4. The van der Waals surface area contributed by atoms with Gasteiger partial charge in [-0.25, -0.2) is 9.18 Å². The van der Waals surface area contributed by atoms with Gasteiger partial charge in [-0.2, -0.15) is 0 Å². The number of carboxylic acid groups (broad SMARTS) is 1. The van der Waals surface area contributed by atoms with E-state index in [0.717, 1.165) is 0 Å². The molecule has 32 heavy (non-hydrogen) atoms. The summed E-state index contributed by atoms with van der Waals surface area (Å²) in [6.45, 7) is 5.44. The van der Waals surface area contributed by atoms with Crippen molar-refractivity contribution >= 4 is 22.7 Å². The molecule has 168 valence electrons. The second-order valence-electron chi connectivity index (χ2n) is 8.65. The number of hydrogen-bond acceptors (Lipinski definition) is 4. The number of benzene rings is 2. The lowest BCUT2D eigenvalue weighted by atomic mass is 10.0. The minimum Gasteiger partial charge on any atom is -0.478 e. The van der Waals surface area contributed by atoms with Gasteiger partial charge in [0.15, 0.2) is 0 Å². The molecular formula is C25H26FNO5. The third-order valence-corrected chi connectivity index (χ3v) is 4.91. The molecule has 0 unspecified atom stereocenters. The molecule has 0 saturated heterocycles. The molecule has 0 radical (unpaired) electrons. The number of rotatable bonds is 7. The summed E-state index contributed by atoms with van der Waals surface area (Å²) >= 11 is 0. The third kappa shape index (κ3) is 5.60. The van der Waals surface area contributed by atoms with Gasteiger partial charge in [-0.05, 0) is 94.0 Å². The fraction of sp³-hybridized carbons (Fsp3) is 0.320. The summed E-state index contributed by atoms with van der Waals surface area (Å²) in [6.07, 6.45) is 1.92. The summed E-state index contributed by atoms with van der Waals surface area (Å²) in [5, 5.41) is 10.2. The van der Waals surface area contributed by atoms with Crippen LogP contribution in [0.3, 0.4) is 0 Å². The topological polar surface area (TPSA) is 85.6 Å². The van der Waals surface area contributed by atoms with Gasteiger partial charge in [0, 0.05) is 23.2 Å². The molecule has 0 amide bonds. The first-order valence-corrected chi connectivity index (χ1v) is 10.4. The van der Waals surface area contributed by atoms with E-state index < -0.39 is 17.4 Å². The van der Waals surface area contributed by atoms with Crippen LogP contribution in [0.4, 0.5) is 4.39 Å². The lowest BCUT2D eigenvalue weighted by molar-refractivity contribution is -0.154. The number of carboxylic acids is 1.